The zero-order chi connectivity index (χ0) is 13.8. The molecule has 0 unspecified atom stereocenters. The van der Waals surface area contributed by atoms with E-state index in [1.807, 2.05) is 0 Å². The van der Waals surface area contributed by atoms with Gasteiger partial charge in [0.25, 0.3) is 0 Å². The molecule has 1 amide bonds. The molecule has 1 aromatic rings. The van der Waals surface area contributed by atoms with Crippen LogP contribution in [0, 0.1) is 0 Å². The molecule has 2 N–H and O–H groups in total. The van der Waals surface area contributed by atoms with Crippen molar-refractivity contribution in [3.05, 3.63) is 29.3 Å². The van der Waals surface area contributed by atoms with Crippen LogP contribution in [-0.4, -0.2) is 30.2 Å². The average molecular weight is 284 g/mol. The molecule has 0 aromatic heterocycles. The van der Waals surface area contributed by atoms with Gasteiger partial charge in [-0.05, 0) is 0 Å². The van der Waals surface area contributed by atoms with Crippen molar-refractivity contribution in [1.29, 1.82) is 0 Å². The molecule has 0 radical (unpaired) electrons. The van der Waals surface area contributed by atoms with Crippen molar-refractivity contribution in [1.82, 2.24) is 0 Å². The van der Waals surface area contributed by atoms with E-state index in [1.54, 1.807) is 0 Å². The van der Waals surface area contributed by atoms with Crippen molar-refractivity contribution in [2.75, 3.05) is 18.5 Å². The number of rotatable bonds is 3. The van der Waals surface area contributed by atoms with Gasteiger partial charge in [0, 0.05) is 24.3 Å². The third kappa shape index (κ3) is 3.38. The minimum atomic E-state index is -1.21. The standard InChI is InChI=1S/C12H10ClNO5/c13-7-5-9-10(19-4-3-18-9)6-8(7)14-11(15)1-2-12(16)17/h1-2,5-6H,3-4H2,(H,14,15)(H,16,17)/b2-1+. The molecular formula is C12H10ClNO5. The van der Waals surface area contributed by atoms with E-state index in [-0.39, 0.29) is 5.02 Å². The smallest absolute Gasteiger partial charge is 0.328 e. The van der Waals surface area contributed by atoms with Gasteiger partial charge in [-0.3, -0.25) is 4.79 Å². The molecule has 0 atom stereocenters. The minimum absolute atomic E-state index is 0.279. The molecule has 19 heavy (non-hydrogen) atoms. The third-order valence-electron chi connectivity index (χ3n) is 2.27. The molecule has 0 spiro atoms. The number of carbonyl (C=O) groups excluding carboxylic acids is 1. The van der Waals surface area contributed by atoms with Crippen molar-refractivity contribution in [2.45, 2.75) is 0 Å². The fraction of sp³-hybridized carbons (Fsp3) is 0.167. The Balaban J connectivity index is 2.16. The number of amides is 1. The fourth-order valence-corrected chi connectivity index (χ4v) is 1.68. The lowest BCUT2D eigenvalue weighted by molar-refractivity contribution is -0.131. The number of hydrogen-bond donors (Lipinski definition) is 2. The molecule has 0 aliphatic carbocycles. The monoisotopic (exact) mass is 283 g/mol. The van der Waals surface area contributed by atoms with E-state index in [0.29, 0.717) is 30.4 Å². The Morgan fingerprint density at radius 1 is 1.21 bits per heavy atom. The molecule has 1 heterocycles. The van der Waals surface area contributed by atoms with Gasteiger partial charge >= 0.3 is 5.97 Å². The van der Waals surface area contributed by atoms with Crippen LogP contribution in [0.4, 0.5) is 5.69 Å². The molecule has 0 saturated carbocycles. The number of ether oxygens (including phenoxy) is 2. The van der Waals surface area contributed by atoms with Crippen molar-refractivity contribution >= 4 is 29.2 Å². The first-order valence-corrected chi connectivity index (χ1v) is 5.75. The average Bonchev–Trinajstić information content (AvgIpc) is 2.37. The van der Waals surface area contributed by atoms with Gasteiger partial charge in [-0.2, -0.15) is 0 Å². The van der Waals surface area contributed by atoms with Gasteiger partial charge in [0.05, 0.1) is 10.7 Å². The van der Waals surface area contributed by atoms with Gasteiger partial charge in [-0.1, -0.05) is 11.6 Å². The number of fused-ring (bicyclic) bond motifs is 1. The summed E-state index contributed by atoms with van der Waals surface area (Å²) < 4.78 is 10.7. The largest absolute Gasteiger partial charge is 0.486 e. The molecule has 0 fully saturated rings. The molecular weight excluding hydrogens is 274 g/mol. The van der Waals surface area contributed by atoms with E-state index >= 15 is 0 Å². The maximum Gasteiger partial charge on any atom is 0.328 e. The van der Waals surface area contributed by atoms with Crippen molar-refractivity contribution in [3.8, 4) is 11.5 Å². The van der Waals surface area contributed by atoms with E-state index in [4.69, 9.17) is 26.2 Å². The predicted octanol–water partition coefficient (Wildman–Crippen LogP) is 1.69. The number of benzene rings is 1. The second-order valence-corrected chi connectivity index (χ2v) is 4.04. The van der Waals surface area contributed by atoms with Crippen molar-refractivity contribution in [2.24, 2.45) is 0 Å². The molecule has 2 rings (SSSR count). The van der Waals surface area contributed by atoms with Gasteiger partial charge in [-0.15, -0.1) is 0 Å². The van der Waals surface area contributed by atoms with E-state index in [1.165, 1.54) is 12.1 Å². The van der Waals surface area contributed by atoms with Crippen molar-refractivity contribution in [3.63, 3.8) is 0 Å². The Kier molecular flexibility index (Phi) is 3.91. The van der Waals surface area contributed by atoms with Gasteiger partial charge in [0.15, 0.2) is 11.5 Å². The molecule has 7 heteroatoms. The maximum absolute atomic E-state index is 11.4. The topological polar surface area (TPSA) is 84.9 Å². The SMILES string of the molecule is O=C(O)/C=C/C(=O)Nc1cc2c(cc1Cl)OCCO2. The quantitative estimate of drug-likeness (QED) is 0.825. The summed E-state index contributed by atoms with van der Waals surface area (Å²) in [6.07, 6.45) is 1.64. The maximum atomic E-state index is 11.4. The number of carboxylic acids is 1. The molecule has 1 aromatic carbocycles. The molecule has 1 aliphatic heterocycles. The summed E-state index contributed by atoms with van der Waals surface area (Å²) in [4.78, 5) is 21.7. The van der Waals surface area contributed by atoms with E-state index in [9.17, 15) is 9.59 Å². The molecule has 0 saturated heterocycles. The molecule has 6 nitrogen and oxygen atoms in total. The number of nitrogens with one attached hydrogen (secondary N) is 1. The van der Waals surface area contributed by atoms with Crippen LogP contribution in [0.2, 0.25) is 5.02 Å². The lowest BCUT2D eigenvalue weighted by Gasteiger charge is -2.19. The van der Waals surface area contributed by atoms with Crippen LogP contribution in [0.15, 0.2) is 24.3 Å². The van der Waals surface area contributed by atoms with E-state index < -0.39 is 11.9 Å². The first-order chi connectivity index (χ1) is 9.06. The van der Waals surface area contributed by atoms with Crippen LogP contribution in [0.1, 0.15) is 0 Å². The normalized spacial score (nSPS) is 13.3. The van der Waals surface area contributed by atoms with Crippen LogP contribution < -0.4 is 14.8 Å². The summed E-state index contributed by atoms with van der Waals surface area (Å²) in [5, 5.41) is 11.1. The van der Waals surface area contributed by atoms with Gasteiger partial charge in [0.1, 0.15) is 13.2 Å². The van der Waals surface area contributed by atoms with E-state index in [0.717, 1.165) is 12.2 Å². The molecule has 1 aliphatic rings. The van der Waals surface area contributed by atoms with Crippen LogP contribution in [0.3, 0.4) is 0 Å². The Morgan fingerprint density at radius 2 is 1.84 bits per heavy atom. The third-order valence-corrected chi connectivity index (χ3v) is 2.58. The zero-order valence-electron chi connectivity index (χ0n) is 9.68. The number of anilines is 1. The van der Waals surface area contributed by atoms with Crippen LogP contribution >= 0.6 is 11.6 Å². The molecule has 0 bridgehead atoms. The number of halogens is 1. The number of aliphatic carboxylic acids is 1. The Morgan fingerprint density at radius 3 is 2.47 bits per heavy atom. The number of carboxylic acid groups (broad SMARTS) is 1. The highest BCUT2D eigenvalue weighted by atomic mass is 35.5. The fourth-order valence-electron chi connectivity index (χ4n) is 1.48. The Bertz CT molecular complexity index is 555. The first-order valence-electron chi connectivity index (χ1n) is 5.37. The highest BCUT2D eigenvalue weighted by molar-refractivity contribution is 6.34. The highest BCUT2D eigenvalue weighted by Gasteiger charge is 2.15. The minimum Gasteiger partial charge on any atom is -0.486 e. The lowest BCUT2D eigenvalue weighted by Crippen LogP contribution is -2.16. The van der Waals surface area contributed by atoms with Crippen LogP contribution in [0.25, 0.3) is 0 Å². The second kappa shape index (κ2) is 5.62. The summed E-state index contributed by atoms with van der Waals surface area (Å²) in [7, 11) is 0. The highest BCUT2D eigenvalue weighted by Crippen LogP contribution is 2.37. The summed E-state index contributed by atoms with van der Waals surface area (Å²) in [5.41, 5.74) is 0.325. The lowest BCUT2D eigenvalue weighted by atomic mass is 10.2. The summed E-state index contributed by atoms with van der Waals surface area (Å²) >= 11 is 5.98. The summed E-state index contributed by atoms with van der Waals surface area (Å²) in [5.74, 6) is -0.812. The summed E-state index contributed by atoms with van der Waals surface area (Å²) in [6.45, 7) is 0.858. The predicted molar refractivity (Wildman–Crippen MR) is 67.8 cm³/mol. The van der Waals surface area contributed by atoms with E-state index in [2.05, 4.69) is 5.32 Å². The first kappa shape index (κ1) is 13.2. The Hall–Kier alpha value is -2.21. The van der Waals surface area contributed by atoms with Crippen molar-refractivity contribution < 1.29 is 24.2 Å². The van der Waals surface area contributed by atoms with Gasteiger partial charge in [-0.25, -0.2) is 4.79 Å². The molecule has 100 valence electrons. The van der Waals surface area contributed by atoms with Gasteiger partial charge < -0.3 is 19.9 Å². The van der Waals surface area contributed by atoms with Crippen LogP contribution in [-0.2, 0) is 9.59 Å². The van der Waals surface area contributed by atoms with Gasteiger partial charge in [0.2, 0.25) is 5.91 Å². The number of carbonyl (C=O) groups is 2. The second-order valence-electron chi connectivity index (χ2n) is 3.64. The van der Waals surface area contributed by atoms with Crippen LogP contribution in [0.5, 0.6) is 11.5 Å². The Labute approximate surface area is 113 Å². The number of hydrogen-bond acceptors (Lipinski definition) is 4. The summed E-state index contributed by atoms with van der Waals surface area (Å²) in [6, 6.07) is 3.07. The zero-order valence-corrected chi connectivity index (χ0v) is 10.4.